The van der Waals surface area contributed by atoms with E-state index in [1.54, 1.807) is 0 Å². The van der Waals surface area contributed by atoms with Gasteiger partial charge in [-0.2, -0.15) is 0 Å². The zero-order chi connectivity index (χ0) is 23.1. The minimum absolute atomic E-state index is 0.000825. The standard InChI is InChI=1S/C19H17F2NO7S2/c1-27-14(24)7-10-15(18(25)28-2)17(31-16(10)19(26)29-3)22-13(23)8-30-9-4-5-11(20)12(21)6-9/h4-6H,7-8H2,1-3H3,(H,22,23). The van der Waals surface area contributed by atoms with Gasteiger partial charge in [0.05, 0.1) is 39.1 Å². The van der Waals surface area contributed by atoms with Crippen LogP contribution in [0.15, 0.2) is 23.1 Å². The van der Waals surface area contributed by atoms with Crippen LogP contribution in [0, 0.1) is 11.6 Å². The molecule has 166 valence electrons. The van der Waals surface area contributed by atoms with Crippen LogP contribution in [-0.2, 0) is 30.2 Å². The number of hydrogen-bond donors (Lipinski definition) is 1. The highest BCUT2D eigenvalue weighted by atomic mass is 32.2. The number of thioether (sulfide) groups is 1. The molecule has 0 saturated heterocycles. The number of hydrogen-bond acceptors (Lipinski definition) is 9. The fourth-order valence-electron chi connectivity index (χ4n) is 2.39. The molecule has 0 fully saturated rings. The Balaban J connectivity index is 2.31. The quantitative estimate of drug-likeness (QED) is 0.354. The van der Waals surface area contributed by atoms with Gasteiger partial charge < -0.3 is 19.5 Å². The third-order valence-electron chi connectivity index (χ3n) is 3.83. The van der Waals surface area contributed by atoms with Crippen molar-refractivity contribution in [3.05, 3.63) is 45.8 Å². The molecular weight excluding hydrogens is 456 g/mol. The number of methoxy groups -OCH3 is 3. The molecule has 2 aromatic rings. The van der Waals surface area contributed by atoms with Crippen molar-refractivity contribution >= 4 is 51.9 Å². The average molecular weight is 473 g/mol. The smallest absolute Gasteiger partial charge is 0.348 e. The highest BCUT2D eigenvalue weighted by Crippen LogP contribution is 2.35. The molecule has 31 heavy (non-hydrogen) atoms. The molecule has 1 amide bonds. The average Bonchev–Trinajstić information content (AvgIpc) is 3.10. The monoisotopic (exact) mass is 473 g/mol. The van der Waals surface area contributed by atoms with Gasteiger partial charge in [0, 0.05) is 10.5 Å². The van der Waals surface area contributed by atoms with Crippen molar-refractivity contribution in [2.24, 2.45) is 0 Å². The maximum absolute atomic E-state index is 13.3. The molecule has 0 unspecified atom stereocenters. The molecule has 0 aliphatic carbocycles. The summed E-state index contributed by atoms with van der Waals surface area (Å²) in [7, 11) is 3.37. The molecule has 0 saturated carbocycles. The molecule has 12 heteroatoms. The molecule has 0 aliphatic rings. The Kier molecular flexibility index (Phi) is 8.51. The molecule has 0 atom stereocenters. The maximum atomic E-state index is 13.3. The van der Waals surface area contributed by atoms with Crippen LogP contribution in [0.3, 0.4) is 0 Å². The first-order valence-corrected chi connectivity index (χ1v) is 10.3. The number of thiophene rings is 1. The van der Waals surface area contributed by atoms with E-state index in [0.29, 0.717) is 4.90 Å². The number of carbonyl (C=O) groups excluding carboxylic acids is 4. The first-order chi connectivity index (χ1) is 14.7. The van der Waals surface area contributed by atoms with Crippen LogP contribution < -0.4 is 5.32 Å². The number of halogens is 2. The molecule has 1 heterocycles. The summed E-state index contributed by atoms with van der Waals surface area (Å²) >= 11 is 1.67. The summed E-state index contributed by atoms with van der Waals surface area (Å²) in [6.45, 7) is 0. The number of carbonyl (C=O) groups is 4. The number of nitrogens with one attached hydrogen (secondary N) is 1. The van der Waals surface area contributed by atoms with E-state index >= 15 is 0 Å². The highest BCUT2D eigenvalue weighted by molar-refractivity contribution is 8.00. The van der Waals surface area contributed by atoms with E-state index in [9.17, 15) is 28.0 Å². The van der Waals surface area contributed by atoms with Crippen molar-refractivity contribution in [1.82, 2.24) is 0 Å². The third kappa shape index (κ3) is 6.01. The summed E-state index contributed by atoms with van der Waals surface area (Å²) in [6, 6.07) is 3.19. The third-order valence-corrected chi connectivity index (χ3v) is 5.95. The highest BCUT2D eigenvalue weighted by Gasteiger charge is 2.30. The minimum Gasteiger partial charge on any atom is -0.469 e. The summed E-state index contributed by atoms with van der Waals surface area (Å²) < 4.78 is 40.3. The van der Waals surface area contributed by atoms with E-state index in [1.807, 2.05) is 0 Å². The SMILES string of the molecule is COC(=O)Cc1c(C(=O)OC)sc(NC(=O)CSc2ccc(F)c(F)c2)c1C(=O)OC. The van der Waals surface area contributed by atoms with Gasteiger partial charge in [-0.05, 0) is 18.2 Å². The van der Waals surface area contributed by atoms with E-state index in [-0.39, 0.29) is 26.8 Å². The molecular formula is C19H17F2NO7S2. The van der Waals surface area contributed by atoms with E-state index in [1.165, 1.54) is 6.07 Å². The fraction of sp³-hybridized carbons (Fsp3) is 0.263. The molecule has 8 nitrogen and oxygen atoms in total. The second-order valence-corrected chi connectivity index (χ2v) is 7.83. The molecule has 1 aromatic heterocycles. The number of rotatable bonds is 8. The van der Waals surface area contributed by atoms with Crippen LogP contribution in [0.4, 0.5) is 13.8 Å². The van der Waals surface area contributed by atoms with Crippen LogP contribution in [0.1, 0.15) is 25.6 Å². The Bertz CT molecular complexity index is 1020. The lowest BCUT2D eigenvalue weighted by Crippen LogP contribution is -2.17. The predicted molar refractivity (Wildman–Crippen MR) is 108 cm³/mol. The van der Waals surface area contributed by atoms with Crippen molar-refractivity contribution in [1.29, 1.82) is 0 Å². The van der Waals surface area contributed by atoms with E-state index in [0.717, 1.165) is 56.6 Å². The van der Waals surface area contributed by atoms with E-state index < -0.39 is 41.9 Å². The van der Waals surface area contributed by atoms with Crippen LogP contribution in [-0.4, -0.2) is 50.9 Å². The van der Waals surface area contributed by atoms with Gasteiger partial charge in [0.15, 0.2) is 11.6 Å². The lowest BCUT2D eigenvalue weighted by atomic mass is 10.1. The van der Waals surface area contributed by atoms with Gasteiger partial charge >= 0.3 is 17.9 Å². The summed E-state index contributed by atoms with van der Waals surface area (Å²) in [4.78, 5) is 48.9. The van der Waals surface area contributed by atoms with Crippen molar-refractivity contribution in [2.45, 2.75) is 11.3 Å². The van der Waals surface area contributed by atoms with Crippen LogP contribution in [0.5, 0.6) is 0 Å². The molecule has 0 radical (unpaired) electrons. The summed E-state index contributed by atoms with van der Waals surface area (Å²) in [6.07, 6.45) is -0.429. The summed E-state index contributed by atoms with van der Waals surface area (Å²) in [5.74, 6) is -5.28. The van der Waals surface area contributed by atoms with Gasteiger partial charge in [0.2, 0.25) is 5.91 Å². The Morgan fingerprint density at radius 3 is 2.26 bits per heavy atom. The number of esters is 3. The van der Waals surface area contributed by atoms with Crippen LogP contribution in [0.2, 0.25) is 0 Å². The molecule has 0 aliphatic heterocycles. The Morgan fingerprint density at radius 2 is 1.68 bits per heavy atom. The van der Waals surface area contributed by atoms with Gasteiger partial charge in [-0.3, -0.25) is 9.59 Å². The molecule has 1 aromatic carbocycles. The lowest BCUT2D eigenvalue weighted by molar-refractivity contribution is -0.139. The lowest BCUT2D eigenvalue weighted by Gasteiger charge is -2.08. The molecule has 0 spiro atoms. The molecule has 2 rings (SSSR count). The van der Waals surface area contributed by atoms with Crippen LogP contribution >= 0.6 is 23.1 Å². The summed E-state index contributed by atoms with van der Waals surface area (Å²) in [5.41, 5.74) is -0.177. The van der Waals surface area contributed by atoms with Gasteiger partial charge in [-0.25, -0.2) is 18.4 Å². The second kappa shape index (κ2) is 10.9. The molecule has 1 N–H and O–H groups in total. The van der Waals surface area contributed by atoms with Crippen molar-refractivity contribution in [3.8, 4) is 0 Å². The van der Waals surface area contributed by atoms with Crippen molar-refractivity contribution < 1.29 is 42.2 Å². The van der Waals surface area contributed by atoms with Gasteiger partial charge in [0.1, 0.15) is 9.88 Å². The largest absolute Gasteiger partial charge is 0.469 e. The zero-order valence-electron chi connectivity index (χ0n) is 16.6. The maximum Gasteiger partial charge on any atom is 0.348 e. The second-order valence-electron chi connectivity index (χ2n) is 5.76. The topological polar surface area (TPSA) is 108 Å². The number of anilines is 1. The predicted octanol–water partition coefficient (Wildman–Crippen LogP) is 3.05. The number of ether oxygens (including phenoxy) is 3. The summed E-state index contributed by atoms with van der Waals surface area (Å²) in [5, 5.41) is 2.46. The first kappa shape index (κ1) is 24.3. The Morgan fingerprint density at radius 1 is 1.00 bits per heavy atom. The van der Waals surface area contributed by atoms with Crippen molar-refractivity contribution in [2.75, 3.05) is 32.4 Å². The van der Waals surface area contributed by atoms with Gasteiger partial charge in [-0.1, -0.05) is 0 Å². The molecule has 0 bridgehead atoms. The minimum atomic E-state index is -1.05. The fourth-order valence-corrected chi connectivity index (χ4v) is 4.25. The Labute approximate surface area is 183 Å². The number of amides is 1. The van der Waals surface area contributed by atoms with Crippen LogP contribution in [0.25, 0.3) is 0 Å². The van der Waals surface area contributed by atoms with Gasteiger partial charge in [-0.15, -0.1) is 23.1 Å². The van der Waals surface area contributed by atoms with Gasteiger partial charge in [0.25, 0.3) is 0 Å². The first-order valence-electron chi connectivity index (χ1n) is 8.48. The van der Waals surface area contributed by atoms with E-state index in [2.05, 4.69) is 14.8 Å². The van der Waals surface area contributed by atoms with Crippen molar-refractivity contribution in [3.63, 3.8) is 0 Å². The zero-order valence-corrected chi connectivity index (χ0v) is 18.2. The normalized spacial score (nSPS) is 10.4. The van der Waals surface area contributed by atoms with E-state index in [4.69, 9.17) is 4.74 Å². The number of benzene rings is 1. The Hall–Kier alpha value is -2.99.